The van der Waals surface area contributed by atoms with Crippen molar-refractivity contribution in [1.29, 1.82) is 0 Å². The Bertz CT molecular complexity index is 184. The SMILES string of the molecule is CC1CCCCC1(N)C1CCCCC1. The van der Waals surface area contributed by atoms with E-state index < -0.39 is 0 Å². The average molecular weight is 195 g/mol. The third kappa shape index (κ3) is 1.84. The van der Waals surface area contributed by atoms with Crippen molar-refractivity contribution >= 4 is 0 Å². The molecule has 2 aliphatic carbocycles. The van der Waals surface area contributed by atoms with Crippen molar-refractivity contribution in [2.24, 2.45) is 17.6 Å². The zero-order chi connectivity index (χ0) is 10.0. The smallest absolute Gasteiger partial charge is 0.0208 e. The maximum atomic E-state index is 6.68. The highest BCUT2D eigenvalue weighted by molar-refractivity contribution is 4.98. The third-order valence-corrected chi connectivity index (χ3v) is 4.78. The van der Waals surface area contributed by atoms with Gasteiger partial charge in [0.2, 0.25) is 0 Å². The van der Waals surface area contributed by atoms with Gasteiger partial charge >= 0.3 is 0 Å². The normalized spacial score (nSPS) is 41.1. The molecule has 0 aromatic heterocycles. The molecule has 2 atom stereocenters. The lowest BCUT2D eigenvalue weighted by molar-refractivity contribution is 0.0997. The molecule has 0 aliphatic heterocycles. The van der Waals surface area contributed by atoms with Gasteiger partial charge in [-0.05, 0) is 37.5 Å². The van der Waals surface area contributed by atoms with Crippen LogP contribution in [0.2, 0.25) is 0 Å². The van der Waals surface area contributed by atoms with Gasteiger partial charge in [-0.1, -0.05) is 39.0 Å². The standard InChI is InChI=1S/C13H25N/c1-11-7-5-6-10-13(11,14)12-8-3-2-4-9-12/h11-12H,2-10,14H2,1H3. The summed E-state index contributed by atoms with van der Waals surface area (Å²) < 4.78 is 0. The maximum Gasteiger partial charge on any atom is 0.0208 e. The zero-order valence-electron chi connectivity index (χ0n) is 9.60. The van der Waals surface area contributed by atoms with E-state index in [1.165, 1.54) is 57.8 Å². The van der Waals surface area contributed by atoms with Gasteiger partial charge in [0, 0.05) is 5.54 Å². The fourth-order valence-electron chi connectivity index (χ4n) is 3.64. The van der Waals surface area contributed by atoms with Crippen LogP contribution < -0.4 is 5.73 Å². The lowest BCUT2D eigenvalue weighted by Crippen LogP contribution is -2.54. The van der Waals surface area contributed by atoms with E-state index in [1.54, 1.807) is 0 Å². The van der Waals surface area contributed by atoms with Crippen LogP contribution in [0.4, 0.5) is 0 Å². The maximum absolute atomic E-state index is 6.68. The second-order valence-corrected chi connectivity index (χ2v) is 5.59. The number of rotatable bonds is 1. The van der Waals surface area contributed by atoms with Crippen LogP contribution in [0.1, 0.15) is 64.7 Å². The van der Waals surface area contributed by atoms with Crippen molar-refractivity contribution < 1.29 is 0 Å². The Morgan fingerprint density at radius 3 is 2.21 bits per heavy atom. The highest BCUT2D eigenvalue weighted by Gasteiger charge is 2.41. The molecule has 2 saturated carbocycles. The van der Waals surface area contributed by atoms with Crippen LogP contribution in [-0.2, 0) is 0 Å². The molecule has 0 amide bonds. The molecular weight excluding hydrogens is 170 g/mol. The molecule has 0 radical (unpaired) electrons. The van der Waals surface area contributed by atoms with E-state index in [4.69, 9.17) is 5.73 Å². The van der Waals surface area contributed by atoms with Crippen LogP contribution in [0.3, 0.4) is 0 Å². The van der Waals surface area contributed by atoms with E-state index in [0.717, 1.165) is 11.8 Å². The molecule has 0 heterocycles. The summed E-state index contributed by atoms with van der Waals surface area (Å²) in [6.45, 7) is 2.38. The van der Waals surface area contributed by atoms with Gasteiger partial charge < -0.3 is 5.73 Å². The quantitative estimate of drug-likeness (QED) is 0.681. The molecule has 0 aromatic carbocycles. The van der Waals surface area contributed by atoms with E-state index in [9.17, 15) is 0 Å². The molecule has 1 nitrogen and oxygen atoms in total. The van der Waals surface area contributed by atoms with Crippen LogP contribution in [-0.4, -0.2) is 5.54 Å². The minimum atomic E-state index is 0.207. The summed E-state index contributed by atoms with van der Waals surface area (Å²) in [4.78, 5) is 0. The van der Waals surface area contributed by atoms with E-state index in [-0.39, 0.29) is 5.54 Å². The topological polar surface area (TPSA) is 26.0 Å². The van der Waals surface area contributed by atoms with Gasteiger partial charge in [0.15, 0.2) is 0 Å². The molecule has 2 fully saturated rings. The van der Waals surface area contributed by atoms with Gasteiger partial charge in [-0.25, -0.2) is 0 Å². The highest BCUT2D eigenvalue weighted by Crippen LogP contribution is 2.42. The van der Waals surface area contributed by atoms with Crippen molar-refractivity contribution in [1.82, 2.24) is 0 Å². The first-order valence-electron chi connectivity index (χ1n) is 6.52. The number of hydrogen-bond acceptors (Lipinski definition) is 1. The average Bonchev–Trinajstić information content (AvgIpc) is 2.24. The molecular formula is C13H25N. The lowest BCUT2D eigenvalue weighted by Gasteiger charge is -2.47. The number of nitrogens with two attached hydrogens (primary N) is 1. The fourth-order valence-corrected chi connectivity index (χ4v) is 3.64. The van der Waals surface area contributed by atoms with Crippen LogP contribution in [0.25, 0.3) is 0 Å². The van der Waals surface area contributed by atoms with Gasteiger partial charge in [0.1, 0.15) is 0 Å². The van der Waals surface area contributed by atoms with Crippen LogP contribution in [0.5, 0.6) is 0 Å². The summed E-state index contributed by atoms with van der Waals surface area (Å²) in [7, 11) is 0. The van der Waals surface area contributed by atoms with Crippen LogP contribution >= 0.6 is 0 Å². The molecule has 2 aliphatic rings. The van der Waals surface area contributed by atoms with Gasteiger partial charge in [0.25, 0.3) is 0 Å². The summed E-state index contributed by atoms with van der Waals surface area (Å²) in [6, 6.07) is 0. The van der Waals surface area contributed by atoms with Gasteiger partial charge in [-0.3, -0.25) is 0 Å². The monoisotopic (exact) mass is 195 g/mol. The minimum absolute atomic E-state index is 0.207. The largest absolute Gasteiger partial charge is 0.325 e. The predicted octanol–water partition coefficient (Wildman–Crippen LogP) is 3.47. The first-order valence-corrected chi connectivity index (χ1v) is 6.52. The molecule has 0 aromatic rings. The van der Waals surface area contributed by atoms with Gasteiger partial charge in [-0.2, -0.15) is 0 Å². The van der Waals surface area contributed by atoms with Crippen LogP contribution in [0.15, 0.2) is 0 Å². The molecule has 2 N–H and O–H groups in total. The second kappa shape index (κ2) is 4.22. The summed E-state index contributed by atoms with van der Waals surface area (Å²) in [5.74, 6) is 1.60. The zero-order valence-corrected chi connectivity index (χ0v) is 9.60. The van der Waals surface area contributed by atoms with Crippen molar-refractivity contribution in [3.8, 4) is 0 Å². The Kier molecular flexibility index (Phi) is 3.16. The van der Waals surface area contributed by atoms with Gasteiger partial charge in [0.05, 0.1) is 0 Å². The summed E-state index contributed by atoms with van der Waals surface area (Å²) in [5, 5.41) is 0. The molecule has 0 saturated heterocycles. The fraction of sp³-hybridized carbons (Fsp3) is 1.00. The molecule has 2 unspecified atom stereocenters. The molecule has 1 heteroatoms. The molecule has 82 valence electrons. The lowest BCUT2D eigenvalue weighted by atomic mass is 9.63. The van der Waals surface area contributed by atoms with Crippen molar-refractivity contribution in [3.63, 3.8) is 0 Å². The minimum Gasteiger partial charge on any atom is -0.325 e. The number of hydrogen-bond donors (Lipinski definition) is 1. The third-order valence-electron chi connectivity index (χ3n) is 4.78. The Labute approximate surface area is 88.4 Å². The van der Waals surface area contributed by atoms with Crippen LogP contribution in [0, 0.1) is 11.8 Å². The first-order chi connectivity index (χ1) is 6.73. The Balaban J connectivity index is 2.03. The highest BCUT2D eigenvalue weighted by atomic mass is 14.8. The second-order valence-electron chi connectivity index (χ2n) is 5.59. The Morgan fingerprint density at radius 1 is 0.929 bits per heavy atom. The summed E-state index contributed by atoms with van der Waals surface area (Å²) >= 11 is 0. The van der Waals surface area contributed by atoms with E-state index in [1.807, 2.05) is 0 Å². The molecule has 0 spiro atoms. The van der Waals surface area contributed by atoms with E-state index >= 15 is 0 Å². The van der Waals surface area contributed by atoms with E-state index in [0.29, 0.717) is 0 Å². The first kappa shape index (κ1) is 10.5. The predicted molar refractivity (Wildman–Crippen MR) is 61.1 cm³/mol. The van der Waals surface area contributed by atoms with E-state index in [2.05, 4.69) is 6.92 Å². The van der Waals surface area contributed by atoms with Crippen molar-refractivity contribution in [3.05, 3.63) is 0 Å². The van der Waals surface area contributed by atoms with Gasteiger partial charge in [-0.15, -0.1) is 0 Å². The molecule has 0 bridgehead atoms. The molecule has 14 heavy (non-hydrogen) atoms. The summed E-state index contributed by atoms with van der Waals surface area (Å²) in [6.07, 6.45) is 12.5. The molecule has 2 rings (SSSR count). The van der Waals surface area contributed by atoms with Crippen molar-refractivity contribution in [2.45, 2.75) is 70.3 Å². The Hall–Kier alpha value is -0.0400. The Morgan fingerprint density at radius 2 is 1.57 bits per heavy atom. The van der Waals surface area contributed by atoms with Crippen molar-refractivity contribution in [2.75, 3.05) is 0 Å². The summed E-state index contributed by atoms with van der Waals surface area (Å²) in [5.41, 5.74) is 6.88.